The van der Waals surface area contributed by atoms with Gasteiger partial charge in [-0.1, -0.05) is 90.5 Å². The van der Waals surface area contributed by atoms with Gasteiger partial charge in [0, 0.05) is 13.2 Å². The molecule has 8 aliphatic carbocycles. The first-order valence-electron chi connectivity index (χ1n) is 29.1. The lowest BCUT2D eigenvalue weighted by Crippen LogP contribution is -2.77. The van der Waals surface area contributed by atoms with Gasteiger partial charge in [0.15, 0.2) is 6.17 Å². The molecule has 546 valence electrons. The summed E-state index contributed by atoms with van der Waals surface area (Å²) < 4.78 is 442. The van der Waals surface area contributed by atoms with Crippen molar-refractivity contribution >= 4 is 0 Å². The zero-order chi connectivity index (χ0) is 72.7. The number of alkyl halides is 34. The fourth-order valence-electron chi connectivity index (χ4n) is 15.0. The van der Waals surface area contributed by atoms with E-state index in [0.29, 0.717) is 19.3 Å². The van der Waals surface area contributed by atoms with Crippen LogP contribution in [0, 0.1) is 118 Å². The van der Waals surface area contributed by atoms with E-state index in [1.165, 1.54) is 27.7 Å². The summed E-state index contributed by atoms with van der Waals surface area (Å²) in [5.74, 6) is -50.5. The summed E-state index contributed by atoms with van der Waals surface area (Å²) in [4.78, 5) is 0. The Morgan fingerprint density at radius 1 is 0.352 bits per heavy atom. The van der Waals surface area contributed by atoms with Crippen molar-refractivity contribution in [3.05, 3.63) is 0 Å². The summed E-state index contributed by atoms with van der Waals surface area (Å²) in [7, 11) is 0. The maximum Gasteiger partial charge on any atom is 0.394 e. The van der Waals surface area contributed by atoms with Crippen LogP contribution in [0.25, 0.3) is 0 Å². The summed E-state index contributed by atoms with van der Waals surface area (Å²) in [5, 5.41) is 0. The lowest BCUT2D eigenvalue weighted by atomic mass is 9.53. The van der Waals surface area contributed by atoms with Crippen LogP contribution >= 0.6 is 0 Å². The molecule has 0 aliphatic heterocycles. The first-order chi connectivity index (χ1) is 39.8. The number of hydrogen-bond acceptors (Lipinski definition) is 0. The molecular formula is C57H80F34. The van der Waals surface area contributed by atoms with Crippen LogP contribution < -0.4 is 0 Å². The molecule has 18 unspecified atom stereocenters. The van der Waals surface area contributed by atoms with Gasteiger partial charge in [0.05, 0.1) is 46.8 Å². The third kappa shape index (κ3) is 17.5. The molecule has 0 aromatic carbocycles. The van der Waals surface area contributed by atoms with Crippen LogP contribution in [0.3, 0.4) is 0 Å². The smallest absolute Gasteiger partial charge is 0.247 e. The standard InChI is InChI=1S/C12H15F9.C10H14F6.C9H13F3.C9H15F3.C8H7F9.C8H12F4.CH4/c1-4-5(2)8(11(16,17)18)9(12(19,20)21)6(3)7(4)10(13,14)15;1-5-3-6(2)8(10(14,15)16)7(4-5)9(11,12)13;1-5-6-3-4-7(5)8(6,2)9(10,11)12;1-6-3-7(2)5-8(4-6)9(10,11)12;1-3-5(10,11)4(2,9)7(14,15)8(16,17)6(3,12)13;1-3-5(9)4(2)7(11)8(12)6(3)10;/h4-9H,1-3H3;5-8H,3-4H2,1-2H3;5-7H,3-4H2,1-2H3;6-8H,3-5H2,1-2H3;3H,1-2H3;3-8H,1-2H3;1H4/t4-,5?,6?,7?,8?,9?;5-,6?,7?,8?;5?,6-,7+,8?;6-,7?,8?;3-,4?;3-,4?,5?,6?,7?,8?;/m10.000./s1/i;;;6D;;;. The molecule has 25 atom stereocenters. The second-order valence-electron chi connectivity index (χ2n) is 26.5. The zero-order valence-corrected chi connectivity index (χ0v) is 50.5. The van der Waals surface area contributed by atoms with Crippen molar-refractivity contribution in [1.82, 2.24) is 0 Å². The average molecular weight is 1410 g/mol. The lowest BCUT2D eigenvalue weighted by Gasteiger charge is -2.53. The molecule has 0 nitrogen and oxygen atoms in total. The second kappa shape index (κ2) is 28.6. The quantitative estimate of drug-likeness (QED) is 0.212. The van der Waals surface area contributed by atoms with Crippen molar-refractivity contribution in [2.75, 3.05) is 0 Å². The summed E-state index contributed by atoms with van der Waals surface area (Å²) >= 11 is 0. The van der Waals surface area contributed by atoms with E-state index in [1.54, 1.807) is 20.8 Å². The van der Waals surface area contributed by atoms with Gasteiger partial charge >= 0.3 is 61.0 Å². The predicted molar refractivity (Wildman–Crippen MR) is 267 cm³/mol. The molecule has 0 aromatic heterocycles. The Bertz CT molecular complexity index is 2190. The van der Waals surface area contributed by atoms with E-state index in [9.17, 15) is 149 Å². The molecule has 91 heavy (non-hydrogen) atoms. The topological polar surface area (TPSA) is 0 Å². The monoisotopic (exact) mass is 1410 g/mol. The Kier molecular flexibility index (Phi) is 26.6. The van der Waals surface area contributed by atoms with Crippen molar-refractivity contribution in [2.24, 2.45) is 118 Å². The Morgan fingerprint density at radius 3 is 1.03 bits per heavy atom. The molecule has 2 bridgehead atoms. The summed E-state index contributed by atoms with van der Waals surface area (Å²) in [6.07, 6.45) is -38.8. The maximum atomic E-state index is 13.2. The number of rotatable bonds is 0. The molecule has 0 radical (unpaired) electrons. The minimum Gasteiger partial charge on any atom is -0.247 e. The lowest BCUT2D eigenvalue weighted by molar-refractivity contribution is -0.431. The minimum absolute atomic E-state index is 0. The van der Waals surface area contributed by atoms with E-state index >= 15 is 0 Å². The number of halogens is 34. The van der Waals surface area contributed by atoms with E-state index in [4.69, 9.17) is 1.37 Å². The van der Waals surface area contributed by atoms with Gasteiger partial charge in [-0.3, -0.25) is 0 Å². The molecule has 8 aliphatic rings. The van der Waals surface area contributed by atoms with Crippen LogP contribution in [0.1, 0.15) is 144 Å². The highest BCUT2D eigenvalue weighted by Gasteiger charge is 2.91. The molecule has 0 N–H and O–H groups in total. The van der Waals surface area contributed by atoms with Gasteiger partial charge in [-0.15, -0.1) is 0 Å². The Morgan fingerprint density at radius 2 is 0.714 bits per heavy atom. The van der Waals surface area contributed by atoms with Gasteiger partial charge in [0.25, 0.3) is 5.92 Å². The average Bonchev–Trinajstić information content (AvgIpc) is 0.761. The van der Waals surface area contributed by atoms with Crippen molar-refractivity contribution in [1.29, 1.82) is 0 Å². The molecule has 8 saturated carbocycles. The number of hydrogen-bond donors (Lipinski definition) is 0. The van der Waals surface area contributed by atoms with Gasteiger partial charge in [-0.25, -0.2) is 30.7 Å². The maximum absolute atomic E-state index is 13.2. The van der Waals surface area contributed by atoms with Crippen molar-refractivity contribution in [3.63, 3.8) is 0 Å². The Balaban J connectivity index is 0.000000557. The molecule has 0 heterocycles. The number of fused-ring (bicyclic) bond motifs is 1. The normalized spacial score (nSPS) is 43.8. The molecule has 0 aromatic rings. The molecule has 34 heteroatoms. The summed E-state index contributed by atoms with van der Waals surface area (Å²) in [5.41, 5.74) is -6.41. The third-order valence-electron chi connectivity index (χ3n) is 20.3. The van der Waals surface area contributed by atoms with E-state index in [-0.39, 0.29) is 57.3 Å². The van der Waals surface area contributed by atoms with Crippen LogP contribution in [-0.4, -0.2) is 97.3 Å². The van der Waals surface area contributed by atoms with Crippen LogP contribution in [0.15, 0.2) is 0 Å². The van der Waals surface area contributed by atoms with E-state index < -0.39 is 199 Å². The Hall–Kier alpha value is -2.38. The van der Waals surface area contributed by atoms with Gasteiger partial charge in [0.2, 0.25) is 5.67 Å². The second-order valence-corrected chi connectivity index (χ2v) is 26.5. The largest absolute Gasteiger partial charge is 0.394 e. The van der Waals surface area contributed by atoms with E-state index in [1.807, 2.05) is 6.92 Å². The minimum atomic E-state index is -6.19. The van der Waals surface area contributed by atoms with Gasteiger partial charge < -0.3 is 0 Å². The first-order valence-corrected chi connectivity index (χ1v) is 28.6. The predicted octanol–water partition coefficient (Wildman–Crippen LogP) is 23.9. The zero-order valence-electron chi connectivity index (χ0n) is 51.5. The Labute approximate surface area is 507 Å². The fourth-order valence-corrected chi connectivity index (χ4v) is 15.0. The molecule has 0 saturated heterocycles. The molecular weight excluding hydrogens is 1330 g/mol. The first kappa shape index (κ1) is 84.7. The molecule has 8 fully saturated rings. The van der Waals surface area contributed by atoms with Crippen molar-refractivity contribution < 1.29 is 151 Å². The van der Waals surface area contributed by atoms with Crippen molar-refractivity contribution in [2.45, 2.75) is 240 Å². The van der Waals surface area contributed by atoms with Gasteiger partial charge in [-0.05, 0) is 111 Å². The van der Waals surface area contributed by atoms with Crippen LogP contribution in [0.2, 0.25) is 0 Å². The van der Waals surface area contributed by atoms with Crippen LogP contribution in [-0.2, 0) is 0 Å². The molecule has 0 amide bonds. The van der Waals surface area contributed by atoms with Crippen LogP contribution in [0.5, 0.6) is 0 Å². The van der Waals surface area contributed by atoms with E-state index in [0.717, 1.165) is 26.7 Å². The summed E-state index contributed by atoms with van der Waals surface area (Å²) in [6, 6.07) is 0. The van der Waals surface area contributed by atoms with Gasteiger partial charge in [0.1, 0.15) is 18.5 Å². The van der Waals surface area contributed by atoms with E-state index in [2.05, 4.69) is 0 Å². The van der Waals surface area contributed by atoms with Crippen molar-refractivity contribution in [3.8, 4) is 0 Å². The SMILES string of the molecule is C.CC1C(C(F)(F)F)C(C(F)(F)F)C(C)[C@@H](C)C1C(F)(F)F.CC1C(F)C(F)C(F)[C@@H](C)C1F.CC1C[C@H](C)CC(C(F)(F)F)C1C(F)(F)F.CC1[C@H]2CC[C@@H]1C2(C)C(F)(F)F.C[C@H]1C(F)(F)C(C)(F)C(F)(F)C(F)(F)C1(F)F.[2H][C@]1(C)CC(C)CC(C(F)(F)F)C1. The van der Waals surface area contributed by atoms with Crippen LogP contribution in [0.4, 0.5) is 149 Å². The molecule has 8 rings (SSSR count). The third-order valence-corrected chi connectivity index (χ3v) is 20.3. The summed E-state index contributed by atoms with van der Waals surface area (Å²) in [6.45, 7) is 13.9. The molecule has 0 spiro atoms. The highest BCUT2D eigenvalue weighted by atomic mass is 19.4. The fraction of sp³-hybridized carbons (Fsp3) is 1.00. The highest BCUT2D eigenvalue weighted by molar-refractivity contribution is 5.20. The highest BCUT2D eigenvalue weighted by Crippen LogP contribution is 2.71. The van der Waals surface area contributed by atoms with Gasteiger partial charge in [-0.2, -0.15) is 119 Å².